The molecule has 2 aliphatic heterocycles. The molecule has 0 radical (unpaired) electrons. The summed E-state index contributed by atoms with van der Waals surface area (Å²) < 4.78 is 0. The summed E-state index contributed by atoms with van der Waals surface area (Å²) in [5.74, 6) is 0.813. The Morgan fingerprint density at radius 1 is 0.711 bits per heavy atom. The predicted molar refractivity (Wildman–Crippen MR) is 154 cm³/mol. The highest BCUT2D eigenvalue weighted by Gasteiger charge is 2.34. The third kappa shape index (κ3) is 6.47. The topological polar surface area (TPSA) is 92.3 Å². The van der Waals surface area contributed by atoms with Crippen molar-refractivity contribution < 1.29 is 19.2 Å². The summed E-state index contributed by atoms with van der Waals surface area (Å²) in [5, 5.41) is 5.81. The molecular formula is C30H36Cl2N2O4. The second-order valence-electron chi connectivity index (χ2n) is 11.4. The van der Waals surface area contributed by atoms with E-state index >= 15 is 0 Å². The van der Waals surface area contributed by atoms with Crippen molar-refractivity contribution in [2.24, 2.45) is 0 Å². The molecule has 6 nitrogen and oxygen atoms in total. The summed E-state index contributed by atoms with van der Waals surface area (Å²) >= 11 is 11.3. The van der Waals surface area contributed by atoms with E-state index in [9.17, 15) is 19.2 Å². The molecule has 2 aromatic carbocycles. The Morgan fingerprint density at radius 3 is 1.37 bits per heavy atom. The van der Waals surface area contributed by atoms with E-state index in [-0.39, 0.29) is 34.2 Å². The summed E-state index contributed by atoms with van der Waals surface area (Å²) in [6, 6.07) is 7.46. The van der Waals surface area contributed by atoms with Crippen LogP contribution in [0.25, 0.3) is 0 Å². The van der Waals surface area contributed by atoms with Crippen LogP contribution in [0.15, 0.2) is 24.3 Å². The van der Waals surface area contributed by atoms with Gasteiger partial charge >= 0.3 is 0 Å². The summed E-state index contributed by atoms with van der Waals surface area (Å²) in [6.07, 6.45) is 1.55. The van der Waals surface area contributed by atoms with Gasteiger partial charge in [-0.3, -0.25) is 19.2 Å². The molecule has 0 saturated carbocycles. The highest BCUT2D eigenvalue weighted by Crippen LogP contribution is 2.41. The van der Waals surface area contributed by atoms with E-state index < -0.39 is 0 Å². The van der Waals surface area contributed by atoms with E-state index in [0.29, 0.717) is 48.6 Å². The van der Waals surface area contributed by atoms with Crippen LogP contribution in [0.5, 0.6) is 0 Å². The van der Waals surface area contributed by atoms with Crippen molar-refractivity contribution in [3.8, 4) is 0 Å². The minimum atomic E-state index is -0.250. The van der Waals surface area contributed by atoms with Gasteiger partial charge < -0.3 is 10.6 Å². The first-order valence-corrected chi connectivity index (χ1v) is 13.9. The minimum Gasteiger partial charge on any atom is -0.326 e. The Bertz CT molecular complexity index is 1200. The molecule has 0 bridgehead atoms. The van der Waals surface area contributed by atoms with Gasteiger partial charge in [-0.05, 0) is 60.4 Å². The van der Waals surface area contributed by atoms with E-state index in [0.717, 1.165) is 33.6 Å². The fraction of sp³-hybridized carbons (Fsp3) is 0.467. The molecule has 2 aliphatic rings. The predicted octanol–water partition coefficient (Wildman–Crippen LogP) is 6.85. The number of hydrogen-bond donors (Lipinski definition) is 2. The number of ketones is 2. The van der Waals surface area contributed by atoms with Gasteiger partial charge in [-0.15, -0.1) is 23.2 Å². The van der Waals surface area contributed by atoms with E-state index in [2.05, 4.69) is 10.6 Å². The van der Waals surface area contributed by atoms with Gasteiger partial charge in [0, 0.05) is 70.8 Å². The minimum absolute atomic E-state index is 0.0282. The number of amides is 2. The third-order valence-corrected chi connectivity index (χ3v) is 7.53. The summed E-state index contributed by atoms with van der Waals surface area (Å²) in [5.41, 5.74) is 6.48. The van der Waals surface area contributed by atoms with Crippen LogP contribution in [0.4, 0.5) is 11.4 Å². The van der Waals surface area contributed by atoms with Crippen molar-refractivity contribution >= 4 is 58.0 Å². The average molecular weight is 560 g/mol. The molecule has 0 aliphatic carbocycles. The first-order chi connectivity index (χ1) is 17.7. The fourth-order valence-corrected chi connectivity index (χ4v) is 5.46. The summed E-state index contributed by atoms with van der Waals surface area (Å²) in [7, 11) is 0. The van der Waals surface area contributed by atoms with Crippen LogP contribution in [0.3, 0.4) is 0 Å². The van der Waals surface area contributed by atoms with E-state index in [1.54, 1.807) is 0 Å². The third-order valence-electron chi connectivity index (χ3n) is 7.15. The largest absolute Gasteiger partial charge is 0.326 e. The van der Waals surface area contributed by atoms with Gasteiger partial charge in [-0.1, -0.05) is 27.7 Å². The lowest BCUT2D eigenvalue weighted by atomic mass is 9.76. The van der Waals surface area contributed by atoms with Crippen molar-refractivity contribution in [2.75, 3.05) is 22.4 Å². The Kier molecular flexibility index (Phi) is 9.10. The van der Waals surface area contributed by atoms with Gasteiger partial charge in [0.15, 0.2) is 11.6 Å². The van der Waals surface area contributed by atoms with Crippen molar-refractivity contribution in [3.63, 3.8) is 0 Å². The first kappa shape index (κ1) is 29.9. The number of rotatable bonds is 6. The highest BCUT2D eigenvalue weighted by molar-refractivity contribution is 6.20. The lowest BCUT2D eigenvalue weighted by Gasteiger charge is -2.33. The van der Waals surface area contributed by atoms with E-state index in [4.69, 9.17) is 23.2 Å². The maximum absolute atomic E-state index is 12.0. The molecule has 2 N–H and O–H groups in total. The summed E-state index contributed by atoms with van der Waals surface area (Å²) in [4.78, 5) is 47.4. The number of aryl methyl sites for hydroxylation is 2. The zero-order chi connectivity index (χ0) is 28.4. The van der Waals surface area contributed by atoms with Crippen LogP contribution < -0.4 is 10.6 Å². The van der Waals surface area contributed by atoms with Gasteiger partial charge in [-0.25, -0.2) is 0 Å². The molecule has 8 heteroatoms. The second-order valence-corrected chi connectivity index (χ2v) is 12.1. The maximum atomic E-state index is 12.0. The van der Waals surface area contributed by atoms with Crippen LogP contribution in [0.2, 0.25) is 0 Å². The second kappa shape index (κ2) is 11.6. The number of nitrogens with one attached hydrogen (secondary N) is 2. The molecule has 0 unspecified atom stereocenters. The van der Waals surface area contributed by atoms with Gasteiger partial charge in [0.2, 0.25) is 11.8 Å². The quantitative estimate of drug-likeness (QED) is 0.299. The number of halogens is 2. The average Bonchev–Trinajstić information content (AvgIpc) is 2.80. The first-order valence-electron chi connectivity index (χ1n) is 12.8. The SMILES string of the molecule is Cc1cc(C(=O)CCCl)cc2c1NC(=O)CC2(C)C.Cc1cc(C(=O)CCCl)cc2c1NC(=O)CC2(C)C. The number of benzene rings is 2. The Hall–Kier alpha value is -2.70. The van der Waals surface area contributed by atoms with Crippen LogP contribution >= 0.6 is 23.2 Å². The van der Waals surface area contributed by atoms with Gasteiger partial charge in [0.25, 0.3) is 0 Å². The maximum Gasteiger partial charge on any atom is 0.225 e. The lowest BCUT2D eigenvalue weighted by molar-refractivity contribution is -0.118. The zero-order valence-electron chi connectivity index (χ0n) is 22.9. The molecule has 2 aromatic rings. The molecule has 0 atom stereocenters. The lowest BCUT2D eigenvalue weighted by Crippen LogP contribution is -2.33. The molecule has 0 aromatic heterocycles. The van der Waals surface area contributed by atoms with E-state index in [1.807, 2.05) is 65.8 Å². The molecular weight excluding hydrogens is 523 g/mol. The van der Waals surface area contributed by atoms with Gasteiger partial charge in [-0.2, -0.15) is 0 Å². The van der Waals surface area contributed by atoms with Crippen LogP contribution in [0, 0.1) is 13.8 Å². The number of hydrogen-bond acceptors (Lipinski definition) is 4. The molecule has 38 heavy (non-hydrogen) atoms. The van der Waals surface area contributed by atoms with Crippen molar-refractivity contribution in [2.45, 2.75) is 78.1 Å². The molecule has 2 amide bonds. The van der Waals surface area contributed by atoms with E-state index in [1.165, 1.54) is 0 Å². The molecule has 204 valence electrons. The smallest absolute Gasteiger partial charge is 0.225 e. The normalized spacial score (nSPS) is 16.7. The molecule has 0 fully saturated rings. The zero-order valence-corrected chi connectivity index (χ0v) is 24.5. The van der Waals surface area contributed by atoms with Gasteiger partial charge in [0.1, 0.15) is 0 Å². The number of Topliss-reactive ketones (excluding diaryl/α,β-unsaturated/α-hetero) is 2. The number of anilines is 2. The Morgan fingerprint density at radius 2 is 1.05 bits per heavy atom. The highest BCUT2D eigenvalue weighted by atomic mass is 35.5. The molecule has 4 rings (SSSR count). The van der Waals surface area contributed by atoms with Crippen molar-refractivity contribution in [3.05, 3.63) is 57.6 Å². The van der Waals surface area contributed by atoms with Crippen LogP contribution in [0.1, 0.15) is 96.3 Å². The number of fused-ring (bicyclic) bond motifs is 2. The number of carbonyl (C=O) groups is 4. The Balaban J connectivity index is 0.000000211. The standard InChI is InChI=1S/2C15H18ClNO2/c2*1-9-6-10(12(18)4-5-16)7-11-14(9)17-13(19)8-15(11,2)3/h2*6-7H,4-5,8H2,1-3H3,(H,17,19). The van der Waals surface area contributed by atoms with Crippen LogP contribution in [-0.4, -0.2) is 35.1 Å². The molecule has 0 saturated heterocycles. The number of alkyl halides is 2. The summed E-state index contributed by atoms with van der Waals surface area (Å²) in [6.45, 7) is 11.9. The van der Waals surface area contributed by atoms with Gasteiger partial charge in [0.05, 0.1) is 0 Å². The van der Waals surface area contributed by atoms with Crippen molar-refractivity contribution in [1.82, 2.24) is 0 Å². The monoisotopic (exact) mass is 558 g/mol. The Labute approximate surface area is 234 Å². The molecule has 2 heterocycles. The van der Waals surface area contributed by atoms with Crippen LogP contribution in [-0.2, 0) is 20.4 Å². The van der Waals surface area contributed by atoms with Crippen molar-refractivity contribution in [1.29, 1.82) is 0 Å². The number of carbonyl (C=O) groups excluding carboxylic acids is 4. The fourth-order valence-electron chi connectivity index (χ4n) is 5.12. The molecule has 0 spiro atoms.